The van der Waals surface area contributed by atoms with Gasteiger partial charge in [-0.1, -0.05) is 12.5 Å². The summed E-state index contributed by atoms with van der Waals surface area (Å²) in [5, 5.41) is 13.4. The predicted octanol–water partition coefficient (Wildman–Crippen LogP) is 2.64. The Bertz CT molecular complexity index is 467. The average Bonchev–Trinajstić information content (AvgIpc) is 2.18. The second-order valence-electron chi connectivity index (χ2n) is 4.37. The van der Waals surface area contributed by atoms with Gasteiger partial charge >= 0.3 is 0 Å². The number of nitrogens with one attached hydrogen (secondary N) is 1. The van der Waals surface area contributed by atoms with Crippen LogP contribution in [0.15, 0.2) is 18.2 Å². The Labute approximate surface area is 99.0 Å². The summed E-state index contributed by atoms with van der Waals surface area (Å²) in [5.74, 6) is 0.0495. The molecule has 1 saturated carbocycles. The number of carbonyl (C=O) groups is 1. The number of hydrogen-bond donors (Lipinski definition) is 1. The van der Waals surface area contributed by atoms with E-state index < -0.39 is 4.92 Å². The highest BCUT2D eigenvalue weighted by Crippen LogP contribution is 2.29. The molecule has 0 aromatic heterocycles. The van der Waals surface area contributed by atoms with Gasteiger partial charge in [-0.05, 0) is 25.3 Å². The molecule has 0 aliphatic heterocycles. The zero-order valence-corrected chi connectivity index (χ0v) is 9.60. The van der Waals surface area contributed by atoms with Crippen LogP contribution in [-0.2, 0) is 4.79 Å². The summed E-state index contributed by atoms with van der Waals surface area (Å²) in [4.78, 5) is 21.9. The predicted molar refractivity (Wildman–Crippen MR) is 63.8 cm³/mol. The minimum Gasteiger partial charge on any atom is -0.325 e. The molecule has 17 heavy (non-hydrogen) atoms. The molecule has 90 valence electrons. The molecule has 5 heteroatoms. The molecular formula is C12H14N2O3. The highest BCUT2D eigenvalue weighted by molar-refractivity contribution is 5.94. The van der Waals surface area contributed by atoms with Crippen LogP contribution in [0.4, 0.5) is 11.4 Å². The van der Waals surface area contributed by atoms with Crippen LogP contribution in [0.3, 0.4) is 0 Å². The molecule has 1 aliphatic rings. The molecule has 1 N–H and O–H groups in total. The van der Waals surface area contributed by atoms with Crippen LogP contribution in [0.5, 0.6) is 0 Å². The molecule has 0 spiro atoms. The van der Waals surface area contributed by atoms with E-state index in [1.54, 1.807) is 6.07 Å². The second-order valence-corrected chi connectivity index (χ2v) is 4.37. The Morgan fingerprint density at radius 3 is 2.71 bits per heavy atom. The fourth-order valence-corrected chi connectivity index (χ4v) is 1.76. The van der Waals surface area contributed by atoms with Gasteiger partial charge in [-0.3, -0.25) is 14.9 Å². The first-order chi connectivity index (χ1) is 8.08. The van der Waals surface area contributed by atoms with Gasteiger partial charge in [0.15, 0.2) is 0 Å². The Balaban J connectivity index is 2.16. The fourth-order valence-electron chi connectivity index (χ4n) is 1.76. The van der Waals surface area contributed by atoms with Crippen LogP contribution < -0.4 is 5.32 Å². The quantitative estimate of drug-likeness (QED) is 0.645. The lowest BCUT2D eigenvalue weighted by Gasteiger charge is -2.24. The maximum Gasteiger partial charge on any atom is 0.271 e. The van der Waals surface area contributed by atoms with Crippen LogP contribution >= 0.6 is 0 Å². The Morgan fingerprint density at radius 1 is 1.47 bits per heavy atom. The topological polar surface area (TPSA) is 72.2 Å². The van der Waals surface area contributed by atoms with Crippen molar-refractivity contribution in [1.82, 2.24) is 0 Å². The van der Waals surface area contributed by atoms with E-state index in [0.717, 1.165) is 24.8 Å². The standard InChI is InChI=1S/C12H14N2O3/c1-8-5-6-10(14(16)17)7-11(8)13-12(15)9-3-2-4-9/h5-7,9H,2-4H2,1H3,(H,13,15). The third-order valence-corrected chi connectivity index (χ3v) is 3.17. The Morgan fingerprint density at radius 2 is 2.18 bits per heavy atom. The van der Waals surface area contributed by atoms with Gasteiger partial charge in [0.2, 0.25) is 5.91 Å². The van der Waals surface area contributed by atoms with Gasteiger partial charge < -0.3 is 5.32 Å². The first-order valence-corrected chi connectivity index (χ1v) is 5.64. The highest BCUT2D eigenvalue weighted by Gasteiger charge is 2.25. The molecule has 5 nitrogen and oxygen atoms in total. The zero-order chi connectivity index (χ0) is 12.4. The average molecular weight is 234 g/mol. The van der Waals surface area contributed by atoms with Gasteiger partial charge in [-0.15, -0.1) is 0 Å². The first-order valence-electron chi connectivity index (χ1n) is 5.64. The van der Waals surface area contributed by atoms with E-state index >= 15 is 0 Å². The third-order valence-electron chi connectivity index (χ3n) is 3.17. The molecule has 0 atom stereocenters. The van der Waals surface area contributed by atoms with E-state index in [-0.39, 0.29) is 17.5 Å². The first kappa shape index (κ1) is 11.6. The zero-order valence-electron chi connectivity index (χ0n) is 9.60. The fraction of sp³-hybridized carbons (Fsp3) is 0.417. The lowest BCUT2D eigenvalue weighted by atomic mass is 9.85. The van der Waals surface area contributed by atoms with E-state index in [4.69, 9.17) is 0 Å². The summed E-state index contributed by atoms with van der Waals surface area (Å²) in [6.45, 7) is 1.82. The molecule has 0 saturated heterocycles. The number of benzene rings is 1. The van der Waals surface area contributed by atoms with Gasteiger partial charge in [0.25, 0.3) is 5.69 Å². The smallest absolute Gasteiger partial charge is 0.271 e. The van der Waals surface area contributed by atoms with Crippen LogP contribution in [0.2, 0.25) is 0 Å². The lowest BCUT2D eigenvalue weighted by Crippen LogP contribution is -2.28. The van der Waals surface area contributed by atoms with Crippen molar-refractivity contribution >= 4 is 17.3 Å². The van der Waals surface area contributed by atoms with Gasteiger partial charge in [0, 0.05) is 18.1 Å². The van der Waals surface area contributed by atoms with Crippen molar-refractivity contribution in [3.8, 4) is 0 Å². The number of non-ortho nitro benzene ring substituents is 1. The lowest BCUT2D eigenvalue weighted by molar-refractivity contribution is -0.384. The summed E-state index contributed by atoms with van der Waals surface area (Å²) in [6, 6.07) is 4.49. The number of amides is 1. The van der Waals surface area contributed by atoms with Crippen molar-refractivity contribution in [2.75, 3.05) is 5.32 Å². The van der Waals surface area contributed by atoms with E-state index in [0.29, 0.717) is 5.69 Å². The van der Waals surface area contributed by atoms with Crippen molar-refractivity contribution in [2.24, 2.45) is 5.92 Å². The molecule has 1 amide bonds. The molecular weight excluding hydrogens is 220 g/mol. The van der Waals surface area contributed by atoms with Gasteiger partial charge in [0.1, 0.15) is 0 Å². The molecule has 0 unspecified atom stereocenters. The summed E-state index contributed by atoms with van der Waals surface area (Å²) < 4.78 is 0. The van der Waals surface area contributed by atoms with Crippen molar-refractivity contribution in [1.29, 1.82) is 0 Å². The summed E-state index contributed by atoms with van der Waals surface area (Å²) in [5.41, 5.74) is 1.37. The molecule has 2 rings (SSSR count). The van der Waals surface area contributed by atoms with Crippen molar-refractivity contribution in [3.63, 3.8) is 0 Å². The number of anilines is 1. The molecule has 0 radical (unpaired) electrons. The maximum absolute atomic E-state index is 11.7. The van der Waals surface area contributed by atoms with E-state index in [9.17, 15) is 14.9 Å². The van der Waals surface area contributed by atoms with Gasteiger partial charge in [0.05, 0.1) is 10.6 Å². The SMILES string of the molecule is Cc1ccc([N+](=O)[O-])cc1NC(=O)C1CCC1. The summed E-state index contributed by atoms with van der Waals surface area (Å²) in [6.07, 6.45) is 2.92. The number of nitro benzene ring substituents is 1. The second kappa shape index (κ2) is 4.53. The minimum absolute atomic E-state index is 0.000454. The van der Waals surface area contributed by atoms with Crippen molar-refractivity contribution < 1.29 is 9.72 Å². The maximum atomic E-state index is 11.7. The molecule has 1 fully saturated rings. The number of nitro groups is 1. The largest absolute Gasteiger partial charge is 0.325 e. The van der Waals surface area contributed by atoms with Gasteiger partial charge in [-0.2, -0.15) is 0 Å². The Kier molecular flexibility index (Phi) is 3.08. The molecule has 0 heterocycles. The van der Waals surface area contributed by atoms with Crippen molar-refractivity contribution in [2.45, 2.75) is 26.2 Å². The number of hydrogen-bond acceptors (Lipinski definition) is 3. The molecule has 1 aliphatic carbocycles. The number of rotatable bonds is 3. The highest BCUT2D eigenvalue weighted by atomic mass is 16.6. The normalized spacial score (nSPS) is 15.1. The summed E-state index contributed by atoms with van der Waals surface area (Å²) >= 11 is 0. The minimum atomic E-state index is -0.460. The summed E-state index contributed by atoms with van der Waals surface area (Å²) in [7, 11) is 0. The molecule has 1 aromatic carbocycles. The molecule has 1 aromatic rings. The van der Waals surface area contributed by atoms with E-state index in [1.165, 1.54) is 12.1 Å². The van der Waals surface area contributed by atoms with E-state index in [2.05, 4.69) is 5.32 Å². The van der Waals surface area contributed by atoms with Crippen LogP contribution in [0.25, 0.3) is 0 Å². The number of aryl methyl sites for hydroxylation is 1. The molecule has 0 bridgehead atoms. The van der Waals surface area contributed by atoms with Crippen molar-refractivity contribution in [3.05, 3.63) is 33.9 Å². The monoisotopic (exact) mass is 234 g/mol. The third kappa shape index (κ3) is 2.43. The van der Waals surface area contributed by atoms with Crippen LogP contribution in [0, 0.1) is 23.0 Å². The Hall–Kier alpha value is -1.91. The number of nitrogens with zero attached hydrogens (tertiary/aromatic N) is 1. The van der Waals surface area contributed by atoms with Gasteiger partial charge in [-0.25, -0.2) is 0 Å². The van der Waals surface area contributed by atoms with Crippen LogP contribution in [0.1, 0.15) is 24.8 Å². The van der Waals surface area contributed by atoms with E-state index in [1.807, 2.05) is 6.92 Å². The number of carbonyl (C=O) groups excluding carboxylic acids is 1. The van der Waals surface area contributed by atoms with Crippen LogP contribution in [-0.4, -0.2) is 10.8 Å².